The number of carbonyl (C=O) groups excluding carboxylic acids is 1. The molecule has 1 amide bonds. The van der Waals surface area contributed by atoms with Crippen molar-refractivity contribution in [3.05, 3.63) is 39.9 Å². The summed E-state index contributed by atoms with van der Waals surface area (Å²) in [5.41, 5.74) is 0.545. The summed E-state index contributed by atoms with van der Waals surface area (Å²) in [4.78, 5) is 21.9. The van der Waals surface area contributed by atoms with Crippen molar-refractivity contribution < 1.29 is 14.5 Å². The average Bonchev–Trinajstić information content (AvgIpc) is 3.14. The zero-order valence-electron chi connectivity index (χ0n) is 13.8. The fourth-order valence-corrected chi connectivity index (χ4v) is 2.30. The SMILES string of the molecule is CC(NC1CC1NC(=O)OC(C)(C)C)c1ccc([N+](=O)[O-])cc1. The second kappa shape index (κ2) is 6.54. The fourth-order valence-electron chi connectivity index (χ4n) is 2.30. The zero-order valence-corrected chi connectivity index (χ0v) is 13.8. The topological polar surface area (TPSA) is 93.5 Å². The normalized spacial score (nSPS) is 21.4. The summed E-state index contributed by atoms with van der Waals surface area (Å²) in [5, 5.41) is 16.9. The van der Waals surface area contributed by atoms with Gasteiger partial charge in [-0.05, 0) is 39.7 Å². The van der Waals surface area contributed by atoms with Gasteiger partial charge in [0.1, 0.15) is 5.60 Å². The number of benzene rings is 1. The van der Waals surface area contributed by atoms with Crippen LogP contribution in [0.4, 0.5) is 10.5 Å². The van der Waals surface area contributed by atoms with Gasteiger partial charge in [-0.25, -0.2) is 4.79 Å². The van der Waals surface area contributed by atoms with Gasteiger partial charge in [0.2, 0.25) is 0 Å². The number of ether oxygens (including phenoxy) is 1. The molecule has 0 aliphatic heterocycles. The summed E-state index contributed by atoms with van der Waals surface area (Å²) in [6.45, 7) is 7.47. The number of nitrogens with zero attached hydrogens (tertiary/aromatic N) is 1. The molecular formula is C16H23N3O4. The third kappa shape index (κ3) is 5.21. The van der Waals surface area contributed by atoms with Crippen LogP contribution in [0.3, 0.4) is 0 Å². The molecule has 7 nitrogen and oxygen atoms in total. The van der Waals surface area contributed by atoms with Gasteiger partial charge in [-0.2, -0.15) is 0 Å². The van der Waals surface area contributed by atoms with Crippen molar-refractivity contribution in [2.75, 3.05) is 0 Å². The van der Waals surface area contributed by atoms with Crippen LogP contribution in [-0.4, -0.2) is 28.7 Å². The van der Waals surface area contributed by atoms with Crippen LogP contribution < -0.4 is 10.6 Å². The van der Waals surface area contributed by atoms with Gasteiger partial charge in [0.25, 0.3) is 5.69 Å². The number of nitrogens with one attached hydrogen (secondary N) is 2. The van der Waals surface area contributed by atoms with Crippen molar-refractivity contribution in [1.29, 1.82) is 0 Å². The van der Waals surface area contributed by atoms with Crippen molar-refractivity contribution in [3.8, 4) is 0 Å². The van der Waals surface area contributed by atoms with Crippen LogP contribution in [0.25, 0.3) is 0 Å². The molecular weight excluding hydrogens is 298 g/mol. The molecule has 23 heavy (non-hydrogen) atoms. The van der Waals surface area contributed by atoms with E-state index >= 15 is 0 Å². The van der Waals surface area contributed by atoms with Crippen LogP contribution in [0, 0.1) is 10.1 Å². The Labute approximate surface area is 135 Å². The van der Waals surface area contributed by atoms with Gasteiger partial charge in [-0.15, -0.1) is 0 Å². The van der Waals surface area contributed by atoms with E-state index in [4.69, 9.17) is 4.74 Å². The molecule has 1 aliphatic rings. The Balaban J connectivity index is 1.80. The van der Waals surface area contributed by atoms with Gasteiger partial charge in [0.15, 0.2) is 0 Å². The Morgan fingerprint density at radius 1 is 1.30 bits per heavy atom. The van der Waals surface area contributed by atoms with Crippen LogP contribution in [0.1, 0.15) is 45.7 Å². The van der Waals surface area contributed by atoms with Gasteiger partial charge in [-0.3, -0.25) is 10.1 Å². The molecule has 0 saturated heterocycles. The van der Waals surface area contributed by atoms with E-state index in [1.54, 1.807) is 12.1 Å². The predicted octanol–water partition coefficient (Wildman–Crippen LogP) is 2.91. The van der Waals surface area contributed by atoms with E-state index < -0.39 is 16.6 Å². The number of amides is 1. The van der Waals surface area contributed by atoms with Crippen molar-refractivity contribution in [1.82, 2.24) is 10.6 Å². The summed E-state index contributed by atoms with van der Waals surface area (Å²) < 4.78 is 5.22. The molecule has 1 aliphatic carbocycles. The minimum absolute atomic E-state index is 0.0474. The Kier molecular flexibility index (Phi) is 4.89. The standard InChI is InChI=1S/C16H23N3O4/c1-10(11-5-7-12(8-6-11)19(21)22)17-13-9-14(13)18-15(20)23-16(2,3)4/h5-8,10,13-14,17H,9H2,1-4H3,(H,18,20). The quantitative estimate of drug-likeness (QED) is 0.642. The number of rotatable bonds is 5. The van der Waals surface area contributed by atoms with Crippen molar-refractivity contribution in [3.63, 3.8) is 0 Å². The Hall–Kier alpha value is -2.15. The maximum atomic E-state index is 11.7. The van der Waals surface area contributed by atoms with Crippen molar-refractivity contribution >= 4 is 11.8 Å². The number of nitro groups is 1. The summed E-state index contributed by atoms with van der Waals surface area (Å²) in [6.07, 6.45) is 0.436. The lowest BCUT2D eigenvalue weighted by Crippen LogP contribution is -2.37. The van der Waals surface area contributed by atoms with E-state index in [2.05, 4.69) is 10.6 Å². The summed E-state index contributed by atoms with van der Waals surface area (Å²) in [5.74, 6) is 0. The first-order valence-corrected chi connectivity index (χ1v) is 7.65. The van der Waals surface area contributed by atoms with E-state index in [1.807, 2.05) is 27.7 Å². The van der Waals surface area contributed by atoms with Gasteiger partial charge < -0.3 is 15.4 Å². The van der Waals surface area contributed by atoms with Crippen molar-refractivity contribution in [2.24, 2.45) is 0 Å². The highest BCUT2D eigenvalue weighted by atomic mass is 16.6. The van der Waals surface area contributed by atoms with Gasteiger partial charge in [0.05, 0.1) is 4.92 Å². The average molecular weight is 321 g/mol. The first-order valence-electron chi connectivity index (χ1n) is 7.65. The van der Waals surface area contributed by atoms with Crippen LogP contribution in [0.2, 0.25) is 0 Å². The number of non-ortho nitro benzene ring substituents is 1. The molecule has 7 heteroatoms. The van der Waals surface area contributed by atoms with E-state index in [1.165, 1.54) is 12.1 Å². The van der Waals surface area contributed by atoms with E-state index in [9.17, 15) is 14.9 Å². The van der Waals surface area contributed by atoms with Crippen LogP contribution in [0.5, 0.6) is 0 Å². The van der Waals surface area contributed by atoms with E-state index in [0.29, 0.717) is 0 Å². The summed E-state index contributed by atoms with van der Waals surface area (Å²) in [6, 6.07) is 6.78. The Bertz CT molecular complexity index is 580. The predicted molar refractivity (Wildman–Crippen MR) is 86.2 cm³/mol. The summed E-state index contributed by atoms with van der Waals surface area (Å²) in [7, 11) is 0. The third-order valence-electron chi connectivity index (χ3n) is 3.56. The molecule has 0 bridgehead atoms. The first kappa shape index (κ1) is 17.2. The highest BCUT2D eigenvalue weighted by molar-refractivity contribution is 5.68. The molecule has 0 heterocycles. The number of carbonyl (C=O) groups is 1. The molecule has 0 radical (unpaired) electrons. The van der Waals surface area contributed by atoms with Gasteiger partial charge in [-0.1, -0.05) is 12.1 Å². The zero-order chi connectivity index (χ0) is 17.2. The molecule has 126 valence electrons. The molecule has 0 aromatic heterocycles. The van der Waals surface area contributed by atoms with E-state index in [0.717, 1.165) is 12.0 Å². The Morgan fingerprint density at radius 2 is 1.91 bits per heavy atom. The number of alkyl carbamates (subject to hydrolysis) is 1. The van der Waals surface area contributed by atoms with Crippen LogP contribution >= 0.6 is 0 Å². The van der Waals surface area contributed by atoms with Crippen LogP contribution in [0.15, 0.2) is 24.3 Å². The molecule has 2 N–H and O–H groups in total. The molecule has 3 unspecified atom stereocenters. The molecule has 1 saturated carbocycles. The van der Waals surface area contributed by atoms with E-state index in [-0.39, 0.29) is 23.8 Å². The monoisotopic (exact) mass is 321 g/mol. The number of nitro benzene ring substituents is 1. The molecule has 1 aromatic rings. The molecule has 0 spiro atoms. The van der Waals surface area contributed by atoms with Crippen molar-refractivity contribution in [2.45, 2.75) is 57.8 Å². The highest BCUT2D eigenvalue weighted by Crippen LogP contribution is 2.26. The molecule has 2 rings (SSSR count). The minimum Gasteiger partial charge on any atom is -0.444 e. The molecule has 3 atom stereocenters. The maximum Gasteiger partial charge on any atom is 0.407 e. The smallest absolute Gasteiger partial charge is 0.407 e. The maximum absolute atomic E-state index is 11.7. The fraction of sp³-hybridized carbons (Fsp3) is 0.562. The lowest BCUT2D eigenvalue weighted by molar-refractivity contribution is -0.384. The minimum atomic E-state index is -0.506. The number of hydrogen-bond acceptors (Lipinski definition) is 5. The highest BCUT2D eigenvalue weighted by Gasteiger charge is 2.40. The molecule has 1 fully saturated rings. The van der Waals surface area contributed by atoms with Crippen LogP contribution in [-0.2, 0) is 4.74 Å². The third-order valence-corrected chi connectivity index (χ3v) is 3.56. The largest absolute Gasteiger partial charge is 0.444 e. The van der Waals surface area contributed by atoms with Gasteiger partial charge in [0, 0.05) is 30.3 Å². The number of hydrogen-bond donors (Lipinski definition) is 2. The lowest BCUT2D eigenvalue weighted by atomic mass is 10.1. The lowest BCUT2D eigenvalue weighted by Gasteiger charge is -2.20. The second-order valence-corrected chi connectivity index (χ2v) is 6.83. The van der Waals surface area contributed by atoms with Gasteiger partial charge >= 0.3 is 6.09 Å². The second-order valence-electron chi connectivity index (χ2n) is 6.83. The molecule has 1 aromatic carbocycles. The first-order chi connectivity index (χ1) is 10.7. The summed E-state index contributed by atoms with van der Waals surface area (Å²) >= 11 is 0. The Morgan fingerprint density at radius 3 is 2.43 bits per heavy atom.